The van der Waals surface area contributed by atoms with Gasteiger partial charge in [0.1, 0.15) is 5.69 Å². The van der Waals surface area contributed by atoms with Gasteiger partial charge in [0.05, 0.1) is 4.92 Å². The number of amides is 1. The predicted octanol–water partition coefficient (Wildman–Crippen LogP) is 4.65. The predicted molar refractivity (Wildman–Crippen MR) is 104 cm³/mol. The lowest BCUT2D eigenvalue weighted by Gasteiger charge is -2.07. The van der Waals surface area contributed by atoms with E-state index in [1.54, 1.807) is 23.9 Å². The van der Waals surface area contributed by atoms with Gasteiger partial charge in [-0.15, -0.1) is 0 Å². The molecule has 7 nitrogen and oxygen atoms in total. The Morgan fingerprint density at radius 1 is 1.07 bits per heavy atom. The number of carbonyl (C=O) groups is 1. The van der Waals surface area contributed by atoms with Crippen LogP contribution in [0, 0.1) is 30.9 Å². The Balaban J connectivity index is 1.71. The fourth-order valence-electron chi connectivity index (χ4n) is 2.52. The SMILES string of the molecule is Cc1ccc(Sc2ccc(NC(=O)c3n[nH]c(C)c3[N+](=O)[O-])cc2)cc1C. The number of hydrogen-bond acceptors (Lipinski definition) is 5. The van der Waals surface area contributed by atoms with Crippen molar-refractivity contribution in [3.63, 3.8) is 0 Å². The minimum Gasteiger partial charge on any atom is -0.320 e. The Bertz CT molecular complexity index is 1010. The second-order valence-corrected chi connectivity index (χ2v) is 7.28. The summed E-state index contributed by atoms with van der Waals surface area (Å²) < 4.78 is 0. The van der Waals surface area contributed by atoms with Crippen LogP contribution in [0.4, 0.5) is 11.4 Å². The molecule has 2 aromatic carbocycles. The monoisotopic (exact) mass is 382 g/mol. The van der Waals surface area contributed by atoms with Gasteiger partial charge in [-0.3, -0.25) is 20.0 Å². The van der Waals surface area contributed by atoms with Gasteiger partial charge in [-0.1, -0.05) is 17.8 Å². The van der Waals surface area contributed by atoms with E-state index in [9.17, 15) is 14.9 Å². The van der Waals surface area contributed by atoms with E-state index in [1.807, 2.05) is 12.1 Å². The standard InChI is InChI=1S/C19H18N4O3S/c1-11-4-7-16(10-12(11)2)27-15-8-5-14(6-9-15)20-19(24)17-18(23(25)26)13(3)21-22-17/h4-10H,1-3H3,(H,20,24)(H,21,22). The van der Waals surface area contributed by atoms with E-state index < -0.39 is 10.8 Å². The first-order valence-electron chi connectivity index (χ1n) is 8.21. The van der Waals surface area contributed by atoms with Crippen molar-refractivity contribution in [1.82, 2.24) is 10.2 Å². The average molecular weight is 382 g/mol. The van der Waals surface area contributed by atoms with E-state index in [-0.39, 0.29) is 17.1 Å². The largest absolute Gasteiger partial charge is 0.322 e. The van der Waals surface area contributed by atoms with Crippen LogP contribution >= 0.6 is 11.8 Å². The van der Waals surface area contributed by atoms with Crippen LogP contribution in [0.15, 0.2) is 52.3 Å². The van der Waals surface area contributed by atoms with Crippen molar-refractivity contribution >= 4 is 29.0 Å². The van der Waals surface area contributed by atoms with Gasteiger partial charge in [0.15, 0.2) is 0 Å². The van der Waals surface area contributed by atoms with Crippen LogP contribution in [0.5, 0.6) is 0 Å². The number of aryl methyl sites for hydroxylation is 3. The van der Waals surface area contributed by atoms with Crippen molar-refractivity contribution in [2.24, 2.45) is 0 Å². The van der Waals surface area contributed by atoms with Crippen molar-refractivity contribution in [1.29, 1.82) is 0 Å². The Morgan fingerprint density at radius 2 is 1.74 bits per heavy atom. The number of nitrogens with zero attached hydrogens (tertiary/aromatic N) is 2. The Kier molecular flexibility index (Phi) is 5.27. The highest BCUT2D eigenvalue weighted by Gasteiger charge is 2.27. The number of anilines is 1. The lowest BCUT2D eigenvalue weighted by molar-refractivity contribution is -0.385. The first-order chi connectivity index (χ1) is 12.8. The molecule has 0 aliphatic carbocycles. The highest BCUT2D eigenvalue weighted by Crippen LogP contribution is 2.30. The molecule has 3 rings (SSSR count). The fraction of sp³-hybridized carbons (Fsp3) is 0.158. The Labute approximate surface area is 160 Å². The summed E-state index contributed by atoms with van der Waals surface area (Å²) in [6.07, 6.45) is 0. The normalized spacial score (nSPS) is 10.6. The zero-order valence-corrected chi connectivity index (χ0v) is 15.9. The molecular weight excluding hydrogens is 364 g/mol. The molecule has 0 aliphatic rings. The summed E-state index contributed by atoms with van der Waals surface area (Å²) in [6.45, 7) is 5.65. The van der Waals surface area contributed by atoms with Crippen LogP contribution in [0.25, 0.3) is 0 Å². The van der Waals surface area contributed by atoms with Crippen LogP contribution in [0.3, 0.4) is 0 Å². The molecule has 3 aromatic rings. The number of carbonyl (C=O) groups excluding carboxylic acids is 1. The highest BCUT2D eigenvalue weighted by atomic mass is 32.2. The molecular formula is C19H18N4O3S. The van der Waals surface area contributed by atoms with Crippen molar-refractivity contribution < 1.29 is 9.72 Å². The molecule has 0 atom stereocenters. The van der Waals surface area contributed by atoms with E-state index >= 15 is 0 Å². The van der Waals surface area contributed by atoms with Crippen molar-refractivity contribution in [2.75, 3.05) is 5.32 Å². The van der Waals surface area contributed by atoms with Gasteiger partial charge < -0.3 is 5.32 Å². The first-order valence-corrected chi connectivity index (χ1v) is 9.02. The maximum Gasteiger partial charge on any atom is 0.322 e. The summed E-state index contributed by atoms with van der Waals surface area (Å²) >= 11 is 1.62. The third kappa shape index (κ3) is 4.17. The topological polar surface area (TPSA) is 101 Å². The van der Waals surface area contributed by atoms with Crippen LogP contribution in [0.2, 0.25) is 0 Å². The van der Waals surface area contributed by atoms with Crippen molar-refractivity contribution in [3.05, 3.63) is 75.1 Å². The van der Waals surface area contributed by atoms with Gasteiger partial charge in [-0.25, -0.2) is 0 Å². The number of benzene rings is 2. The Hall–Kier alpha value is -3.13. The van der Waals surface area contributed by atoms with Gasteiger partial charge in [-0.05, 0) is 68.3 Å². The van der Waals surface area contributed by atoms with E-state index in [2.05, 4.69) is 47.6 Å². The molecule has 0 fully saturated rings. The molecule has 0 unspecified atom stereocenters. The van der Waals surface area contributed by atoms with E-state index in [0.29, 0.717) is 5.69 Å². The van der Waals surface area contributed by atoms with Crippen LogP contribution in [0.1, 0.15) is 27.3 Å². The van der Waals surface area contributed by atoms with Gasteiger partial charge in [-0.2, -0.15) is 5.10 Å². The summed E-state index contributed by atoms with van der Waals surface area (Å²) in [5.41, 5.74) is 2.73. The number of H-pyrrole nitrogens is 1. The summed E-state index contributed by atoms with van der Waals surface area (Å²) in [4.78, 5) is 24.9. The molecule has 0 spiro atoms. The van der Waals surface area contributed by atoms with Crippen molar-refractivity contribution in [3.8, 4) is 0 Å². The summed E-state index contributed by atoms with van der Waals surface area (Å²) in [5.74, 6) is -0.624. The number of aromatic amines is 1. The van der Waals surface area contributed by atoms with Crippen LogP contribution < -0.4 is 5.32 Å². The fourth-order valence-corrected chi connectivity index (χ4v) is 3.43. The highest BCUT2D eigenvalue weighted by molar-refractivity contribution is 7.99. The molecule has 0 saturated heterocycles. The molecule has 0 aliphatic heterocycles. The smallest absolute Gasteiger partial charge is 0.320 e. The van der Waals surface area contributed by atoms with E-state index in [4.69, 9.17) is 0 Å². The third-order valence-electron chi connectivity index (χ3n) is 4.14. The van der Waals surface area contributed by atoms with Gasteiger partial charge in [0, 0.05) is 15.5 Å². The van der Waals surface area contributed by atoms with Gasteiger partial charge >= 0.3 is 5.69 Å². The van der Waals surface area contributed by atoms with E-state index in [1.165, 1.54) is 18.1 Å². The van der Waals surface area contributed by atoms with E-state index in [0.717, 1.165) is 9.79 Å². The molecule has 27 heavy (non-hydrogen) atoms. The molecule has 0 radical (unpaired) electrons. The van der Waals surface area contributed by atoms with Gasteiger partial charge in [0.2, 0.25) is 5.69 Å². The minimum atomic E-state index is -0.624. The van der Waals surface area contributed by atoms with Gasteiger partial charge in [0.25, 0.3) is 5.91 Å². The lowest BCUT2D eigenvalue weighted by atomic mass is 10.1. The Morgan fingerprint density at radius 3 is 2.37 bits per heavy atom. The average Bonchev–Trinajstić information content (AvgIpc) is 3.02. The second-order valence-electron chi connectivity index (χ2n) is 6.13. The number of aromatic nitrogens is 2. The van der Waals surface area contributed by atoms with Crippen LogP contribution in [-0.2, 0) is 0 Å². The first kappa shape index (κ1) is 18.7. The maximum absolute atomic E-state index is 12.3. The summed E-state index contributed by atoms with van der Waals surface area (Å²) in [6, 6.07) is 13.6. The molecule has 1 aromatic heterocycles. The molecule has 1 heterocycles. The maximum atomic E-state index is 12.3. The molecule has 1 amide bonds. The summed E-state index contributed by atoms with van der Waals surface area (Å²) in [7, 11) is 0. The minimum absolute atomic E-state index is 0.230. The number of hydrogen-bond donors (Lipinski definition) is 2. The zero-order valence-electron chi connectivity index (χ0n) is 15.1. The molecule has 0 saturated carbocycles. The second kappa shape index (κ2) is 7.63. The number of rotatable bonds is 5. The molecule has 138 valence electrons. The lowest BCUT2D eigenvalue weighted by Crippen LogP contribution is -2.14. The zero-order chi connectivity index (χ0) is 19.6. The third-order valence-corrected chi connectivity index (χ3v) is 5.14. The molecule has 2 N–H and O–H groups in total. The summed E-state index contributed by atoms with van der Waals surface area (Å²) in [5, 5.41) is 19.9. The quantitative estimate of drug-likeness (QED) is 0.494. The number of nitro groups is 1. The molecule has 8 heteroatoms. The van der Waals surface area contributed by atoms with Crippen LogP contribution in [-0.4, -0.2) is 21.0 Å². The number of nitrogens with one attached hydrogen (secondary N) is 2. The van der Waals surface area contributed by atoms with Crippen molar-refractivity contribution in [2.45, 2.75) is 30.6 Å². The molecule has 0 bridgehead atoms.